The van der Waals surface area contributed by atoms with E-state index in [1.54, 1.807) is 24.3 Å². The number of fused-ring (bicyclic) bond motifs is 1. The van der Waals surface area contributed by atoms with E-state index in [1.165, 1.54) is 11.1 Å². The monoisotopic (exact) mass is 367 g/mol. The van der Waals surface area contributed by atoms with Crippen LogP contribution in [-0.4, -0.2) is 45.5 Å². The molecule has 1 heterocycles. The van der Waals surface area contributed by atoms with E-state index in [0.717, 1.165) is 37.9 Å². The Morgan fingerprint density at radius 2 is 1.59 bits per heavy atom. The Morgan fingerprint density at radius 1 is 1.00 bits per heavy atom. The fourth-order valence-electron chi connectivity index (χ4n) is 4.98. The molecule has 27 heavy (non-hydrogen) atoms. The second-order valence-electron chi connectivity index (χ2n) is 8.64. The predicted molar refractivity (Wildman–Crippen MR) is 106 cm³/mol. The summed E-state index contributed by atoms with van der Waals surface area (Å²) in [6, 6.07) is 15.3. The maximum Gasteiger partial charge on any atom is 0.115 e. The van der Waals surface area contributed by atoms with Crippen LogP contribution in [0.1, 0.15) is 35.6 Å². The zero-order valence-corrected chi connectivity index (χ0v) is 15.9. The van der Waals surface area contributed by atoms with Crippen LogP contribution in [0.3, 0.4) is 0 Å². The van der Waals surface area contributed by atoms with Gasteiger partial charge in [-0.2, -0.15) is 0 Å². The van der Waals surface area contributed by atoms with Crippen molar-refractivity contribution in [3.8, 4) is 5.75 Å². The number of aromatic hydroxyl groups is 1. The van der Waals surface area contributed by atoms with Gasteiger partial charge in [0, 0.05) is 26.1 Å². The molecule has 0 spiro atoms. The van der Waals surface area contributed by atoms with E-state index in [4.69, 9.17) is 0 Å². The minimum atomic E-state index is -0.591. The molecule has 0 aromatic heterocycles. The van der Waals surface area contributed by atoms with Crippen molar-refractivity contribution >= 4 is 0 Å². The summed E-state index contributed by atoms with van der Waals surface area (Å²) < 4.78 is 0. The first-order valence-corrected chi connectivity index (χ1v) is 9.87. The Morgan fingerprint density at radius 3 is 2.19 bits per heavy atom. The highest BCUT2D eigenvalue weighted by atomic mass is 16.3. The third-order valence-electron chi connectivity index (χ3n) is 6.30. The Labute approximate surface area is 161 Å². The molecule has 2 aliphatic rings. The van der Waals surface area contributed by atoms with Crippen LogP contribution in [0.4, 0.5) is 0 Å². The van der Waals surface area contributed by atoms with Gasteiger partial charge in [-0.1, -0.05) is 42.0 Å². The Hall–Kier alpha value is -1.88. The topological polar surface area (TPSA) is 63.9 Å². The Bertz CT molecular complexity index is 757. The highest BCUT2D eigenvalue weighted by molar-refractivity contribution is 5.27. The lowest BCUT2D eigenvalue weighted by Crippen LogP contribution is -2.33. The largest absolute Gasteiger partial charge is 0.508 e. The number of phenols is 1. The zero-order valence-electron chi connectivity index (χ0n) is 15.9. The molecule has 1 saturated carbocycles. The lowest BCUT2D eigenvalue weighted by atomic mass is 9.91. The van der Waals surface area contributed by atoms with Crippen molar-refractivity contribution in [2.45, 2.75) is 37.9 Å². The van der Waals surface area contributed by atoms with Crippen LogP contribution in [0.5, 0.6) is 5.75 Å². The standard InChI is InChI=1S/C23H29NO3/c1-16-2-4-17(5-3-16)10-23(27)11-19-13-24(14-20(19)12-23)15-22(26)18-6-8-21(25)9-7-18/h2-9,19-20,22,25-27H,10-15H2,1H3/t19-,20-,22-/m0/s1. The average Bonchev–Trinajstić information content (AvgIpc) is 3.11. The Kier molecular flexibility index (Phi) is 4.97. The van der Waals surface area contributed by atoms with E-state index in [0.29, 0.717) is 18.4 Å². The molecule has 4 rings (SSSR count). The number of rotatable bonds is 5. The van der Waals surface area contributed by atoms with Crippen molar-refractivity contribution in [1.82, 2.24) is 4.90 Å². The minimum Gasteiger partial charge on any atom is -0.508 e. The fourth-order valence-corrected chi connectivity index (χ4v) is 4.98. The number of hydrogen-bond acceptors (Lipinski definition) is 4. The van der Waals surface area contributed by atoms with Gasteiger partial charge in [-0.25, -0.2) is 0 Å². The molecular formula is C23H29NO3. The van der Waals surface area contributed by atoms with Crippen molar-refractivity contribution < 1.29 is 15.3 Å². The number of hydrogen-bond donors (Lipinski definition) is 3. The quantitative estimate of drug-likeness (QED) is 0.760. The molecule has 4 nitrogen and oxygen atoms in total. The van der Waals surface area contributed by atoms with Gasteiger partial charge in [-0.3, -0.25) is 4.90 Å². The summed E-state index contributed by atoms with van der Waals surface area (Å²) in [5.41, 5.74) is 2.70. The van der Waals surface area contributed by atoms with Crippen LogP contribution in [0.25, 0.3) is 0 Å². The number of β-amino-alcohol motifs (C(OH)–C–C–N with tert-alkyl or cyclic N) is 1. The number of nitrogens with zero attached hydrogens (tertiary/aromatic N) is 1. The fraction of sp³-hybridized carbons (Fsp3) is 0.478. The van der Waals surface area contributed by atoms with E-state index < -0.39 is 11.7 Å². The molecule has 2 aromatic carbocycles. The lowest BCUT2D eigenvalue weighted by Gasteiger charge is -2.27. The normalized spacial score (nSPS) is 25.4. The number of aryl methyl sites for hydroxylation is 1. The van der Waals surface area contributed by atoms with Gasteiger partial charge in [0.25, 0.3) is 0 Å². The van der Waals surface area contributed by atoms with E-state index in [2.05, 4.69) is 36.1 Å². The van der Waals surface area contributed by atoms with E-state index in [9.17, 15) is 15.3 Å². The van der Waals surface area contributed by atoms with Crippen LogP contribution in [0, 0.1) is 18.8 Å². The summed E-state index contributed by atoms with van der Waals surface area (Å²) in [7, 11) is 0. The molecule has 1 saturated heterocycles. The summed E-state index contributed by atoms with van der Waals surface area (Å²) in [5.74, 6) is 1.23. The molecular weight excluding hydrogens is 338 g/mol. The van der Waals surface area contributed by atoms with Crippen LogP contribution < -0.4 is 0 Å². The molecule has 3 N–H and O–H groups in total. The third-order valence-corrected chi connectivity index (χ3v) is 6.30. The van der Waals surface area contributed by atoms with Crippen molar-refractivity contribution in [2.24, 2.45) is 11.8 Å². The molecule has 3 atom stereocenters. The highest BCUT2D eigenvalue weighted by Gasteiger charge is 2.48. The van der Waals surface area contributed by atoms with Gasteiger partial charge in [0.05, 0.1) is 11.7 Å². The molecule has 2 aromatic rings. The predicted octanol–water partition coefficient (Wildman–Crippen LogP) is 3.05. The molecule has 2 fully saturated rings. The van der Waals surface area contributed by atoms with Gasteiger partial charge in [0.2, 0.25) is 0 Å². The maximum absolute atomic E-state index is 11.1. The second kappa shape index (κ2) is 7.27. The van der Waals surface area contributed by atoms with Gasteiger partial charge in [0.1, 0.15) is 5.75 Å². The smallest absolute Gasteiger partial charge is 0.115 e. The SMILES string of the molecule is Cc1ccc(CC2(O)C[C@H]3CN(C[C@H](O)c4ccc(O)cc4)C[C@@H]3C2)cc1. The molecule has 0 unspecified atom stereocenters. The van der Waals surface area contributed by atoms with Crippen LogP contribution in [0.15, 0.2) is 48.5 Å². The van der Waals surface area contributed by atoms with Crippen molar-refractivity contribution in [1.29, 1.82) is 0 Å². The van der Waals surface area contributed by atoms with Gasteiger partial charge in [-0.05, 0) is 54.9 Å². The Balaban J connectivity index is 1.32. The number of aliphatic hydroxyl groups is 2. The lowest BCUT2D eigenvalue weighted by molar-refractivity contribution is 0.0328. The number of aliphatic hydroxyl groups excluding tert-OH is 1. The van der Waals surface area contributed by atoms with Gasteiger partial charge >= 0.3 is 0 Å². The van der Waals surface area contributed by atoms with Gasteiger partial charge in [-0.15, -0.1) is 0 Å². The maximum atomic E-state index is 11.1. The highest BCUT2D eigenvalue weighted by Crippen LogP contribution is 2.45. The van der Waals surface area contributed by atoms with E-state index in [-0.39, 0.29) is 5.75 Å². The summed E-state index contributed by atoms with van der Waals surface area (Å²) >= 11 is 0. The molecule has 0 amide bonds. The number of phenolic OH excluding ortho intramolecular Hbond substituents is 1. The first-order chi connectivity index (χ1) is 12.9. The van der Waals surface area contributed by atoms with Crippen LogP contribution >= 0.6 is 0 Å². The van der Waals surface area contributed by atoms with Crippen LogP contribution in [-0.2, 0) is 6.42 Å². The summed E-state index contributed by atoms with van der Waals surface area (Å²) in [5, 5.41) is 31.0. The first-order valence-electron chi connectivity index (χ1n) is 9.87. The summed E-state index contributed by atoms with van der Waals surface area (Å²) in [6.07, 6.45) is 1.88. The van der Waals surface area contributed by atoms with E-state index in [1.807, 2.05) is 0 Å². The molecule has 4 heteroatoms. The van der Waals surface area contributed by atoms with Crippen molar-refractivity contribution in [3.05, 3.63) is 65.2 Å². The number of likely N-dealkylation sites (tertiary alicyclic amines) is 1. The molecule has 1 aliphatic carbocycles. The summed E-state index contributed by atoms with van der Waals surface area (Å²) in [4.78, 5) is 2.32. The van der Waals surface area contributed by atoms with Crippen molar-refractivity contribution in [3.63, 3.8) is 0 Å². The van der Waals surface area contributed by atoms with Crippen LogP contribution in [0.2, 0.25) is 0 Å². The summed E-state index contributed by atoms with van der Waals surface area (Å²) in [6.45, 7) is 4.57. The minimum absolute atomic E-state index is 0.217. The molecule has 1 aliphatic heterocycles. The second-order valence-corrected chi connectivity index (χ2v) is 8.64. The average molecular weight is 367 g/mol. The zero-order chi connectivity index (χ0) is 19.0. The first kappa shape index (κ1) is 18.5. The number of benzene rings is 2. The van der Waals surface area contributed by atoms with E-state index >= 15 is 0 Å². The third kappa shape index (κ3) is 4.18. The molecule has 0 bridgehead atoms. The van der Waals surface area contributed by atoms with Gasteiger partial charge in [0.15, 0.2) is 0 Å². The van der Waals surface area contributed by atoms with Crippen molar-refractivity contribution in [2.75, 3.05) is 19.6 Å². The molecule has 144 valence electrons. The van der Waals surface area contributed by atoms with Gasteiger partial charge < -0.3 is 15.3 Å². The molecule has 0 radical (unpaired) electrons.